The predicted octanol–water partition coefficient (Wildman–Crippen LogP) is 3.02. The predicted molar refractivity (Wildman–Crippen MR) is 95.7 cm³/mol. The number of nitrogens with one attached hydrogen (secondary N) is 1. The first-order chi connectivity index (χ1) is 11.7. The van der Waals surface area contributed by atoms with Crippen molar-refractivity contribution in [1.82, 2.24) is 10.2 Å². The van der Waals surface area contributed by atoms with E-state index in [0.717, 1.165) is 11.3 Å². The fourth-order valence-electron chi connectivity index (χ4n) is 3.27. The Labute approximate surface area is 146 Å². The molecule has 3 rings (SSSR count). The number of hydrogen-bond donors (Lipinski definition) is 1. The molecule has 1 aliphatic heterocycles. The molecule has 0 aliphatic carbocycles. The molecule has 0 radical (unpaired) electrons. The zero-order valence-corrected chi connectivity index (χ0v) is 14.6. The minimum atomic E-state index is -0.179. The summed E-state index contributed by atoms with van der Waals surface area (Å²) < 4.78 is 0. The van der Waals surface area contributed by atoms with Crippen molar-refractivity contribution in [3.63, 3.8) is 0 Å². The van der Waals surface area contributed by atoms with Gasteiger partial charge in [0.25, 0.3) is 0 Å². The standard InChI is InChI=1S/C19H22N2O2S/c1-21-17(22)10-9-15(18(21)16-8-5-13-24-16)19(23)20-12-11-14-6-3-2-4-7-14/h2-8,13,15,18H,9-12H2,1H3,(H,20,23)/t15-,18+/m1/s1. The van der Waals surface area contributed by atoms with Crippen LogP contribution < -0.4 is 5.32 Å². The molecule has 0 saturated carbocycles. The maximum absolute atomic E-state index is 12.7. The molecule has 2 aromatic rings. The van der Waals surface area contributed by atoms with E-state index in [2.05, 4.69) is 17.4 Å². The van der Waals surface area contributed by atoms with Gasteiger partial charge in [-0.25, -0.2) is 0 Å². The normalized spacial score (nSPS) is 20.9. The van der Waals surface area contributed by atoms with Gasteiger partial charge in [-0.15, -0.1) is 11.3 Å². The lowest BCUT2D eigenvalue weighted by atomic mass is 9.87. The van der Waals surface area contributed by atoms with Crippen molar-refractivity contribution in [2.45, 2.75) is 25.3 Å². The molecule has 1 aliphatic rings. The van der Waals surface area contributed by atoms with Gasteiger partial charge in [0, 0.05) is 24.9 Å². The topological polar surface area (TPSA) is 49.4 Å². The molecule has 0 bridgehead atoms. The van der Waals surface area contributed by atoms with E-state index >= 15 is 0 Å². The van der Waals surface area contributed by atoms with Crippen molar-refractivity contribution in [1.29, 1.82) is 0 Å². The van der Waals surface area contributed by atoms with Crippen LogP contribution in [0.15, 0.2) is 47.8 Å². The molecule has 24 heavy (non-hydrogen) atoms. The summed E-state index contributed by atoms with van der Waals surface area (Å²) in [5, 5.41) is 5.05. The maximum atomic E-state index is 12.7. The molecule has 0 spiro atoms. The van der Waals surface area contributed by atoms with Gasteiger partial charge in [0.05, 0.1) is 12.0 Å². The van der Waals surface area contributed by atoms with E-state index in [1.165, 1.54) is 5.56 Å². The lowest BCUT2D eigenvalue weighted by molar-refractivity contribution is -0.141. The van der Waals surface area contributed by atoms with Crippen LogP contribution in [0.1, 0.15) is 29.3 Å². The smallest absolute Gasteiger partial charge is 0.225 e. The van der Waals surface area contributed by atoms with Gasteiger partial charge < -0.3 is 10.2 Å². The zero-order chi connectivity index (χ0) is 16.9. The number of piperidine rings is 1. The molecule has 0 unspecified atom stereocenters. The SMILES string of the molecule is CN1C(=O)CC[C@@H](C(=O)NCCc2ccccc2)[C@H]1c1cccs1. The molecular formula is C19H22N2O2S. The number of thiophene rings is 1. The second kappa shape index (κ2) is 7.62. The first kappa shape index (κ1) is 16.7. The van der Waals surface area contributed by atoms with Crippen LogP contribution in [0, 0.1) is 5.92 Å². The van der Waals surface area contributed by atoms with Crippen molar-refractivity contribution < 1.29 is 9.59 Å². The molecule has 1 fully saturated rings. The quantitative estimate of drug-likeness (QED) is 0.908. The number of rotatable bonds is 5. The van der Waals surface area contributed by atoms with Crippen LogP contribution >= 0.6 is 11.3 Å². The third kappa shape index (κ3) is 3.67. The Kier molecular flexibility index (Phi) is 5.30. The average Bonchev–Trinajstić information content (AvgIpc) is 3.12. The van der Waals surface area contributed by atoms with E-state index in [0.29, 0.717) is 19.4 Å². The summed E-state index contributed by atoms with van der Waals surface area (Å²) in [6.07, 6.45) is 1.87. The Bertz CT molecular complexity index is 685. The molecule has 2 amide bonds. The summed E-state index contributed by atoms with van der Waals surface area (Å²) in [5.41, 5.74) is 1.21. The summed E-state index contributed by atoms with van der Waals surface area (Å²) in [5.74, 6) is -0.0208. The monoisotopic (exact) mass is 342 g/mol. The van der Waals surface area contributed by atoms with E-state index in [1.54, 1.807) is 23.3 Å². The largest absolute Gasteiger partial charge is 0.355 e. The second-order valence-electron chi connectivity index (χ2n) is 6.14. The zero-order valence-electron chi connectivity index (χ0n) is 13.8. The van der Waals surface area contributed by atoms with Crippen LogP contribution in [0.2, 0.25) is 0 Å². The number of nitrogens with zero attached hydrogens (tertiary/aromatic N) is 1. The summed E-state index contributed by atoms with van der Waals surface area (Å²) in [7, 11) is 1.80. The molecule has 5 heteroatoms. The number of amides is 2. The molecule has 1 saturated heterocycles. The lowest BCUT2D eigenvalue weighted by Crippen LogP contribution is -2.46. The highest BCUT2D eigenvalue weighted by molar-refractivity contribution is 7.10. The molecular weight excluding hydrogens is 320 g/mol. The number of hydrogen-bond acceptors (Lipinski definition) is 3. The Balaban J connectivity index is 1.64. The van der Waals surface area contributed by atoms with E-state index in [-0.39, 0.29) is 23.8 Å². The fourth-order valence-corrected chi connectivity index (χ4v) is 4.20. The van der Waals surface area contributed by atoms with E-state index in [9.17, 15) is 9.59 Å². The van der Waals surface area contributed by atoms with Crippen LogP contribution in [0.25, 0.3) is 0 Å². The van der Waals surface area contributed by atoms with Crippen molar-refractivity contribution in [2.24, 2.45) is 5.92 Å². The summed E-state index contributed by atoms with van der Waals surface area (Å²) >= 11 is 1.60. The van der Waals surface area contributed by atoms with Gasteiger partial charge in [-0.2, -0.15) is 0 Å². The lowest BCUT2D eigenvalue weighted by Gasteiger charge is -2.37. The van der Waals surface area contributed by atoms with Crippen LogP contribution in [0.4, 0.5) is 0 Å². The summed E-state index contributed by atoms with van der Waals surface area (Å²) in [4.78, 5) is 27.6. The van der Waals surface area contributed by atoms with Gasteiger partial charge in [0.15, 0.2) is 0 Å². The summed E-state index contributed by atoms with van der Waals surface area (Å²) in [6, 6.07) is 14.0. The minimum absolute atomic E-state index is 0.0451. The Morgan fingerprint density at radius 2 is 2.04 bits per heavy atom. The number of carbonyl (C=O) groups excluding carboxylic acids is 2. The fraction of sp³-hybridized carbons (Fsp3) is 0.368. The Hall–Kier alpha value is -2.14. The minimum Gasteiger partial charge on any atom is -0.355 e. The van der Waals surface area contributed by atoms with Crippen LogP contribution in [-0.4, -0.2) is 30.3 Å². The van der Waals surface area contributed by atoms with Gasteiger partial charge in [0.1, 0.15) is 0 Å². The number of likely N-dealkylation sites (tertiary alicyclic amines) is 1. The Morgan fingerprint density at radius 1 is 1.25 bits per heavy atom. The maximum Gasteiger partial charge on any atom is 0.225 e. The molecule has 2 heterocycles. The van der Waals surface area contributed by atoms with Gasteiger partial charge in [-0.3, -0.25) is 9.59 Å². The van der Waals surface area contributed by atoms with Crippen molar-refractivity contribution in [3.05, 3.63) is 58.3 Å². The summed E-state index contributed by atoms with van der Waals surface area (Å²) in [6.45, 7) is 0.619. The highest BCUT2D eigenvalue weighted by atomic mass is 32.1. The molecule has 1 aromatic heterocycles. The van der Waals surface area contributed by atoms with Crippen LogP contribution in [0.3, 0.4) is 0 Å². The van der Waals surface area contributed by atoms with E-state index in [4.69, 9.17) is 0 Å². The highest BCUT2D eigenvalue weighted by Gasteiger charge is 2.39. The third-order valence-corrected chi connectivity index (χ3v) is 5.53. The van der Waals surface area contributed by atoms with Crippen LogP contribution in [-0.2, 0) is 16.0 Å². The first-order valence-electron chi connectivity index (χ1n) is 8.27. The van der Waals surface area contributed by atoms with E-state index < -0.39 is 0 Å². The van der Waals surface area contributed by atoms with Crippen molar-refractivity contribution >= 4 is 23.2 Å². The molecule has 1 N–H and O–H groups in total. The van der Waals surface area contributed by atoms with Gasteiger partial charge in [0.2, 0.25) is 11.8 Å². The average molecular weight is 342 g/mol. The second-order valence-corrected chi connectivity index (χ2v) is 7.12. The number of benzene rings is 1. The number of carbonyl (C=O) groups is 2. The van der Waals surface area contributed by atoms with E-state index in [1.807, 2.05) is 35.7 Å². The first-order valence-corrected chi connectivity index (χ1v) is 9.15. The molecule has 126 valence electrons. The highest BCUT2D eigenvalue weighted by Crippen LogP contribution is 2.37. The van der Waals surface area contributed by atoms with Gasteiger partial charge in [-0.1, -0.05) is 36.4 Å². The molecule has 1 aromatic carbocycles. The third-order valence-electron chi connectivity index (χ3n) is 4.59. The van der Waals surface area contributed by atoms with Gasteiger partial charge in [-0.05, 0) is 29.9 Å². The van der Waals surface area contributed by atoms with Crippen molar-refractivity contribution in [3.8, 4) is 0 Å². The molecule has 4 nitrogen and oxygen atoms in total. The van der Waals surface area contributed by atoms with Gasteiger partial charge >= 0.3 is 0 Å². The van der Waals surface area contributed by atoms with Crippen LogP contribution in [0.5, 0.6) is 0 Å². The van der Waals surface area contributed by atoms with Crippen molar-refractivity contribution in [2.75, 3.05) is 13.6 Å². The molecule has 2 atom stereocenters. The Morgan fingerprint density at radius 3 is 2.75 bits per heavy atom.